The molecular formula is C21H27NO3. The Balaban J connectivity index is 1.78. The molecule has 1 amide bonds. The van der Waals surface area contributed by atoms with E-state index in [1.54, 1.807) is 19.2 Å². The second-order valence-corrected chi connectivity index (χ2v) is 7.73. The van der Waals surface area contributed by atoms with Crippen molar-refractivity contribution in [3.05, 3.63) is 59.0 Å². The van der Waals surface area contributed by atoms with E-state index >= 15 is 0 Å². The fourth-order valence-corrected chi connectivity index (χ4v) is 3.42. The zero-order valence-corrected chi connectivity index (χ0v) is 15.5. The molecule has 0 bridgehead atoms. The van der Waals surface area contributed by atoms with E-state index in [0.29, 0.717) is 18.1 Å². The first-order valence-electron chi connectivity index (χ1n) is 8.89. The number of benzene rings is 1. The highest BCUT2D eigenvalue weighted by atomic mass is 16.5. The van der Waals surface area contributed by atoms with Crippen LogP contribution in [0.5, 0.6) is 0 Å². The smallest absolute Gasteiger partial charge is 0.290 e. The van der Waals surface area contributed by atoms with Crippen molar-refractivity contribution in [1.82, 2.24) is 4.90 Å². The Kier molecular flexibility index (Phi) is 5.00. The summed E-state index contributed by atoms with van der Waals surface area (Å²) in [6, 6.07) is 12.4. The summed E-state index contributed by atoms with van der Waals surface area (Å²) in [5.74, 6) is 1.03. The minimum absolute atomic E-state index is 0.0373. The lowest BCUT2D eigenvalue weighted by Crippen LogP contribution is -2.30. The number of likely N-dealkylation sites (tertiary alicyclic amines) is 1. The third-order valence-electron chi connectivity index (χ3n) is 4.83. The zero-order chi connectivity index (χ0) is 18.0. The predicted octanol–water partition coefficient (Wildman–Crippen LogP) is 4.70. The zero-order valence-electron chi connectivity index (χ0n) is 15.5. The van der Waals surface area contributed by atoms with E-state index in [4.69, 9.17) is 9.15 Å². The molecule has 0 radical (unpaired) electrons. The first kappa shape index (κ1) is 17.7. The maximum atomic E-state index is 12.9. The molecule has 2 aromatic rings. The number of carbonyl (C=O) groups is 1. The maximum absolute atomic E-state index is 12.9. The molecule has 1 unspecified atom stereocenters. The van der Waals surface area contributed by atoms with E-state index in [1.807, 2.05) is 4.90 Å². The molecule has 0 aliphatic carbocycles. The molecule has 4 nitrogen and oxygen atoms in total. The van der Waals surface area contributed by atoms with Gasteiger partial charge in [-0.15, -0.1) is 0 Å². The van der Waals surface area contributed by atoms with Crippen molar-refractivity contribution >= 4 is 5.91 Å². The van der Waals surface area contributed by atoms with Gasteiger partial charge in [0.25, 0.3) is 5.91 Å². The van der Waals surface area contributed by atoms with Gasteiger partial charge in [0, 0.05) is 13.7 Å². The summed E-state index contributed by atoms with van der Waals surface area (Å²) in [5, 5.41) is 0. The average Bonchev–Trinajstić information content (AvgIpc) is 3.23. The molecule has 134 valence electrons. The summed E-state index contributed by atoms with van der Waals surface area (Å²) in [6.07, 6.45) is 2.01. The van der Waals surface area contributed by atoms with Crippen LogP contribution in [0.25, 0.3) is 0 Å². The molecule has 0 spiro atoms. The molecule has 1 aromatic carbocycles. The van der Waals surface area contributed by atoms with E-state index in [1.165, 1.54) is 11.1 Å². The molecule has 0 N–H and O–H groups in total. The third kappa shape index (κ3) is 3.79. The van der Waals surface area contributed by atoms with Crippen LogP contribution < -0.4 is 0 Å². The summed E-state index contributed by atoms with van der Waals surface area (Å²) in [5.41, 5.74) is 2.64. The molecule has 4 heteroatoms. The van der Waals surface area contributed by atoms with Gasteiger partial charge in [0.1, 0.15) is 12.4 Å². The number of carbonyl (C=O) groups excluding carboxylic acids is 1. The van der Waals surface area contributed by atoms with Crippen LogP contribution in [0.15, 0.2) is 40.8 Å². The van der Waals surface area contributed by atoms with Crippen molar-refractivity contribution in [3.63, 3.8) is 0 Å². The topological polar surface area (TPSA) is 42.7 Å². The second kappa shape index (κ2) is 7.04. The van der Waals surface area contributed by atoms with E-state index in [2.05, 4.69) is 45.0 Å². The van der Waals surface area contributed by atoms with E-state index in [9.17, 15) is 4.79 Å². The van der Waals surface area contributed by atoms with Gasteiger partial charge in [0.2, 0.25) is 0 Å². The molecule has 1 saturated heterocycles. The summed E-state index contributed by atoms with van der Waals surface area (Å²) < 4.78 is 10.7. The van der Waals surface area contributed by atoms with Gasteiger partial charge in [-0.3, -0.25) is 4.79 Å². The molecule has 2 heterocycles. The summed E-state index contributed by atoms with van der Waals surface area (Å²) in [6.45, 7) is 7.78. The molecule has 1 fully saturated rings. The molecule has 1 atom stereocenters. The highest BCUT2D eigenvalue weighted by Crippen LogP contribution is 2.34. The van der Waals surface area contributed by atoms with Gasteiger partial charge in [0.05, 0.1) is 6.04 Å². The third-order valence-corrected chi connectivity index (χ3v) is 4.83. The van der Waals surface area contributed by atoms with Crippen LogP contribution >= 0.6 is 0 Å². The second-order valence-electron chi connectivity index (χ2n) is 7.73. The predicted molar refractivity (Wildman–Crippen MR) is 97.6 cm³/mol. The van der Waals surface area contributed by atoms with Gasteiger partial charge in [-0.2, -0.15) is 0 Å². The Labute approximate surface area is 149 Å². The molecule has 1 aliphatic heterocycles. The lowest BCUT2D eigenvalue weighted by Gasteiger charge is -2.25. The number of ether oxygens (including phenoxy) is 1. The summed E-state index contributed by atoms with van der Waals surface area (Å²) >= 11 is 0. The van der Waals surface area contributed by atoms with Crippen LogP contribution in [-0.2, 0) is 16.8 Å². The van der Waals surface area contributed by atoms with Crippen LogP contribution in [0.2, 0.25) is 0 Å². The monoisotopic (exact) mass is 341 g/mol. The quantitative estimate of drug-likeness (QED) is 0.809. The first-order valence-corrected chi connectivity index (χ1v) is 8.89. The van der Waals surface area contributed by atoms with Gasteiger partial charge >= 0.3 is 0 Å². The van der Waals surface area contributed by atoms with Gasteiger partial charge in [-0.1, -0.05) is 45.0 Å². The largest absolute Gasteiger partial charge is 0.453 e. The highest BCUT2D eigenvalue weighted by Gasteiger charge is 2.32. The van der Waals surface area contributed by atoms with Crippen molar-refractivity contribution in [2.24, 2.45) is 0 Å². The number of hydrogen-bond donors (Lipinski definition) is 0. The van der Waals surface area contributed by atoms with Gasteiger partial charge in [-0.05, 0) is 41.5 Å². The Morgan fingerprint density at radius 3 is 2.56 bits per heavy atom. The number of rotatable bonds is 4. The number of hydrogen-bond acceptors (Lipinski definition) is 3. The summed E-state index contributed by atoms with van der Waals surface area (Å²) in [7, 11) is 1.61. The summed E-state index contributed by atoms with van der Waals surface area (Å²) in [4.78, 5) is 14.8. The first-order chi connectivity index (χ1) is 11.9. The lowest BCUT2D eigenvalue weighted by molar-refractivity contribution is 0.0695. The number of methoxy groups -OCH3 is 1. The molecule has 25 heavy (non-hydrogen) atoms. The highest BCUT2D eigenvalue weighted by molar-refractivity contribution is 5.92. The van der Waals surface area contributed by atoms with Crippen molar-refractivity contribution in [3.8, 4) is 0 Å². The van der Waals surface area contributed by atoms with Crippen LogP contribution in [-0.4, -0.2) is 24.5 Å². The molecule has 3 rings (SSSR count). The van der Waals surface area contributed by atoms with E-state index < -0.39 is 0 Å². The molecule has 1 aromatic heterocycles. The SMILES string of the molecule is COCc1ccc(C(=O)N2CCCC2c2ccc(C(C)(C)C)cc2)o1. The Morgan fingerprint density at radius 2 is 1.92 bits per heavy atom. The lowest BCUT2D eigenvalue weighted by atomic mass is 9.86. The Morgan fingerprint density at radius 1 is 1.20 bits per heavy atom. The van der Waals surface area contributed by atoms with Crippen molar-refractivity contribution < 1.29 is 13.9 Å². The Hall–Kier alpha value is -2.07. The molecule has 0 saturated carbocycles. The van der Waals surface area contributed by atoms with Crippen LogP contribution in [0, 0.1) is 0 Å². The molecule has 1 aliphatic rings. The van der Waals surface area contributed by atoms with Gasteiger partial charge in [0.15, 0.2) is 5.76 Å². The standard InChI is InChI=1S/C21H27NO3/c1-21(2,3)16-9-7-15(8-10-16)18-6-5-13-22(18)20(23)19-12-11-17(25-19)14-24-4/h7-12,18H,5-6,13-14H2,1-4H3. The number of amides is 1. The normalized spacial score (nSPS) is 17.9. The number of furan rings is 1. The molecular weight excluding hydrogens is 314 g/mol. The Bertz CT molecular complexity index is 724. The van der Waals surface area contributed by atoms with Gasteiger partial charge < -0.3 is 14.1 Å². The minimum atomic E-state index is -0.0373. The van der Waals surface area contributed by atoms with Crippen LogP contribution in [0.1, 0.15) is 67.1 Å². The van der Waals surface area contributed by atoms with Crippen molar-refractivity contribution in [2.45, 2.75) is 51.7 Å². The van der Waals surface area contributed by atoms with Crippen molar-refractivity contribution in [2.75, 3.05) is 13.7 Å². The van der Waals surface area contributed by atoms with Crippen LogP contribution in [0.3, 0.4) is 0 Å². The van der Waals surface area contributed by atoms with Crippen molar-refractivity contribution in [1.29, 1.82) is 0 Å². The fraction of sp³-hybridized carbons (Fsp3) is 0.476. The number of nitrogens with zero attached hydrogens (tertiary/aromatic N) is 1. The van der Waals surface area contributed by atoms with Gasteiger partial charge in [-0.25, -0.2) is 0 Å². The van der Waals surface area contributed by atoms with E-state index in [0.717, 1.165) is 19.4 Å². The minimum Gasteiger partial charge on any atom is -0.453 e. The maximum Gasteiger partial charge on any atom is 0.290 e. The van der Waals surface area contributed by atoms with E-state index in [-0.39, 0.29) is 17.4 Å². The average molecular weight is 341 g/mol. The fourth-order valence-electron chi connectivity index (χ4n) is 3.42. The van der Waals surface area contributed by atoms with Crippen LogP contribution in [0.4, 0.5) is 0 Å².